The van der Waals surface area contributed by atoms with Gasteiger partial charge in [0.25, 0.3) is 0 Å². The van der Waals surface area contributed by atoms with Crippen LogP contribution < -0.4 is 11.1 Å². The van der Waals surface area contributed by atoms with E-state index in [2.05, 4.69) is 15.5 Å². The Hall–Kier alpha value is -2.89. The SMILES string of the molecule is NC(=NO)C(C(=O)Nc1cccnc1)c1ccccc1. The molecule has 1 aromatic carbocycles. The van der Waals surface area contributed by atoms with Crippen molar-refractivity contribution in [3.63, 3.8) is 0 Å². The highest BCUT2D eigenvalue weighted by molar-refractivity contribution is 6.12. The summed E-state index contributed by atoms with van der Waals surface area (Å²) in [5.41, 5.74) is 6.82. The molecule has 0 aliphatic rings. The van der Waals surface area contributed by atoms with Crippen LogP contribution in [0.1, 0.15) is 11.5 Å². The average molecular weight is 270 g/mol. The number of oxime groups is 1. The zero-order valence-corrected chi connectivity index (χ0v) is 10.6. The molecule has 0 radical (unpaired) electrons. The van der Waals surface area contributed by atoms with Gasteiger partial charge in [-0.1, -0.05) is 35.5 Å². The van der Waals surface area contributed by atoms with Crippen molar-refractivity contribution in [2.45, 2.75) is 5.92 Å². The van der Waals surface area contributed by atoms with E-state index >= 15 is 0 Å². The fraction of sp³-hybridized carbons (Fsp3) is 0.0714. The van der Waals surface area contributed by atoms with Crippen molar-refractivity contribution in [3.05, 3.63) is 60.4 Å². The Morgan fingerprint density at radius 3 is 2.60 bits per heavy atom. The maximum Gasteiger partial charge on any atom is 0.239 e. The lowest BCUT2D eigenvalue weighted by Crippen LogP contribution is -2.32. The van der Waals surface area contributed by atoms with E-state index in [0.29, 0.717) is 11.3 Å². The molecule has 1 atom stereocenters. The van der Waals surface area contributed by atoms with Gasteiger partial charge in [0.05, 0.1) is 11.9 Å². The number of nitrogens with zero attached hydrogens (tertiary/aromatic N) is 2. The lowest BCUT2D eigenvalue weighted by Gasteiger charge is -2.15. The Kier molecular flexibility index (Phi) is 4.28. The Bertz CT molecular complexity index is 599. The summed E-state index contributed by atoms with van der Waals surface area (Å²) in [5, 5.41) is 14.5. The van der Waals surface area contributed by atoms with Crippen molar-refractivity contribution < 1.29 is 10.0 Å². The van der Waals surface area contributed by atoms with Crippen molar-refractivity contribution in [1.29, 1.82) is 0 Å². The molecule has 0 aliphatic heterocycles. The van der Waals surface area contributed by atoms with Gasteiger partial charge in [-0.25, -0.2) is 0 Å². The zero-order chi connectivity index (χ0) is 14.4. The number of hydrogen-bond donors (Lipinski definition) is 3. The molecule has 0 bridgehead atoms. The molecule has 1 aromatic heterocycles. The standard InChI is InChI=1S/C14H14N4O2/c15-13(18-20)12(10-5-2-1-3-6-10)14(19)17-11-7-4-8-16-9-11/h1-9,12,20H,(H2,15,18)(H,17,19). The summed E-state index contributed by atoms with van der Waals surface area (Å²) in [5.74, 6) is -1.42. The maximum absolute atomic E-state index is 12.3. The predicted octanol–water partition coefficient (Wildman–Crippen LogP) is 1.55. The molecule has 102 valence electrons. The fourth-order valence-corrected chi connectivity index (χ4v) is 1.81. The highest BCUT2D eigenvalue weighted by atomic mass is 16.4. The van der Waals surface area contributed by atoms with Gasteiger partial charge in [-0.05, 0) is 17.7 Å². The van der Waals surface area contributed by atoms with Gasteiger partial charge in [-0.15, -0.1) is 0 Å². The van der Waals surface area contributed by atoms with Crippen LogP contribution in [0.3, 0.4) is 0 Å². The highest BCUT2D eigenvalue weighted by Gasteiger charge is 2.25. The van der Waals surface area contributed by atoms with Gasteiger partial charge in [-0.2, -0.15) is 0 Å². The van der Waals surface area contributed by atoms with Crippen molar-refractivity contribution in [2.24, 2.45) is 10.9 Å². The minimum absolute atomic E-state index is 0.169. The molecule has 0 fully saturated rings. The van der Waals surface area contributed by atoms with E-state index < -0.39 is 5.92 Å². The van der Waals surface area contributed by atoms with Gasteiger partial charge in [-0.3, -0.25) is 9.78 Å². The van der Waals surface area contributed by atoms with Gasteiger partial charge >= 0.3 is 0 Å². The number of anilines is 1. The van der Waals surface area contributed by atoms with Crippen molar-refractivity contribution >= 4 is 17.4 Å². The Labute approximate surface area is 115 Å². The number of amides is 1. The molecular weight excluding hydrogens is 256 g/mol. The molecule has 2 rings (SSSR count). The van der Waals surface area contributed by atoms with Crippen LogP contribution >= 0.6 is 0 Å². The van der Waals surface area contributed by atoms with Crippen LogP contribution in [-0.2, 0) is 4.79 Å². The molecule has 0 spiro atoms. The highest BCUT2D eigenvalue weighted by Crippen LogP contribution is 2.18. The summed E-state index contributed by atoms with van der Waals surface area (Å²) in [6.07, 6.45) is 3.13. The number of pyridine rings is 1. The first-order chi connectivity index (χ1) is 9.72. The van der Waals surface area contributed by atoms with Crippen LogP contribution in [-0.4, -0.2) is 21.9 Å². The first-order valence-corrected chi connectivity index (χ1v) is 5.95. The van der Waals surface area contributed by atoms with E-state index in [1.54, 1.807) is 42.6 Å². The van der Waals surface area contributed by atoms with Gasteiger partial charge in [0.15, 0.2) is 5.84 Å². The monoisotopic (exact) mass is 270 g/mol. The molecule has 0 aliphatic carbocycles. The molecule has 20 heavy (non-hydrogen) atoms. The van der Waals surface area contributed by atoms with E-state index in [9.17, 15) is 4.79 Å². The summed E-state index contributed by atoms with van der Waals surface area (Å²) < 4.78 is 0. The minimum atomic E-state index is -0.860. The molecule has 1 unspecified atom stereocenters. The number of benzene rings is 1. The lowest BCUT2D eigenvalue weighted by molar-refractivity contribution is -0.116. The number of carbonyl (C=O) groups excluding carboxylic acids is 1. The number of nitrogens with one attached hydrogen (secondary N) is 1. The Balaban J connectivity index is 2.26. The first-order valence-electron chi connectivity index (χ1n) is 5.95. The largest absolute Gasteiger partial charge is 0.409 e. The topological polar surface area (TPSA) is 101 Å². The van der Waals surface area contributed by atoms with E-state index in [0.717, 1.165) is 0 Å². The van der Waals surface area contributed by atoms with E-state index in [1.165, 1.54) is 6.20 Å². The molecule has 4 N–H and O–H groups in total. The fourth-order valence-electron chi connectivity index (χ4n) is 1.81. The summed E-state index contributed by atoms with van der Waals surface area (Å²) in [6, 6.07) is 12.3. The predicted molar refractivity (Wildman–Crippen MR) is 75.5 cm³/mol. The smallest absolute Gasteiger partial charge is 0.239 e. The third-order valence-corrected chi connectivity index (χ3v) is 2.74. The van der Waals surface area contributed by atoms with Crippen LogP contribution in [0, 0.1) is 0 Å². The molecule has 0 saturated carbocycles. The van der Waals surface area contributed by atoms with E-state index in [-0.39, 0.29) is 11.7 Å². The van der Waals surface area contributed by atoms with Crippen molar-refractivity contribution in [2.75, 3.05) is 5.32 Å². The quantitative estimate of drug-likeness (QED) is 0.339. The molecule has 0 saturated heterocycles. The second kappa shape index (κ2) is 6.33. The van der Waals surface area contributed by atoms with Gasteiger partial charge in [0.2, 0.25) is 5.91 Å². The van der Waals surface area contributed by atoms with Gasteiger partial charge in [0, 0.05) is 6.20 Å². The second-order valence-electron chi connectivity index (χ2n) is 4.10. The van der Waals surface area contributed by atoms with Crippen LogP contribution in [0.5, 0.6) is 0 Å². The summed E-state index contributed by atoms with van der Waals surface area (Å²) in [4.78, 5) is 16.2. The van der Waals surface area contributed by atoms with Gasteiger partial charge in [0.1, 0.15) is 5.92 Å². The molecule has 6 heteroatoms. The normalized spacial score (nSPS) is 12.7. The maximum atomic E-state index is 12.3. The number of aromatic nitrogens is 1. The molecular formula is C14H14N4O2. The minimum Gasteiger partial charge on any atom is -0.409 e. The Morgan fingerprint density at radius 1 is 1.25 bits per heavy atom. The zero-order valence-electron chi connectivity index (χ0n) is 10.6. The average Bonchev–Trinajstić information content (AvgIpc) is 2.49. The second-order valence-corrected chi connectivity index (χ2v) is 4.10. The third kappa shape index (κ3) is 3.11. The summed E-state index contributed by atoms with van der Waals surface area (Å²) in [7, 11) is 0. The number of amidine groups is 1. The van der Waals surface area contributed by atoms with E-state index in [4.69, 9.17) is 10.9 Å². The van der Waals surface area contributed by atoms with Crippen LogP contribution in [0.2, 0.25) is 0 Å². The van der Waals surface area contributed by atoms with Crippen LogP contribution in [0.15, 0.2) is 60.0 Å². The molecule has 1 heterocycles. The molecule has 1 amide bonds. The first kappa shape index (κ1) is 13.5. The van der Waals surface area contributed by atoms with Crippen LogP contribution in [0.4, 0.5) is 5.69 Å². The Morgan fingerprint density at radius 2 is 2.00 bits per heavy atom. The summed E-state index contributed by atoms with van der Waals surface area (Å²) in [6.45, 7) is 0. The number of hydrogen-bond acceptors (Lipinski definition) is 4. The number of nitrogens with two attached hydrogens (primary N) is 1. The molecule has 2 aromatic rings. The van der Waals surface area contributed by atoms with Gasteiger partial charge < -0.3 is 16.3 Å². The number of rotatable bonds is 4. The van der Waals surface area contributed by atoms with Crippen LogP contribution in [0.25, 0.3) is 0 Å². The summed E-state index contributed by atoms with van der Waals surface area (Å²) >= 11 is 0. The molecule has 6 nitrogen and oxygen atoms in total. The number of carbonyl (C=O) groups is 1. The van der Waals surface area contributed by atoms with E-state index in [1.807, 2.05) is 6.07 Å². The van der Waals surface area contributed by atoms with Crippen molar-refractivity contribution in [1.82, 2.24) is 4.98 Å². The lowest BCUT2D eigenvalue weighted by atomic mass is 9.97. The third-order valence-electron chi connectivity index (χ3n) is 2.74. The van der Waals surface area contributed by atoms with Crippen molar-refractivity contribution in [3.8, 4) is 0 Å².